The molecule has 5 heteroatoms. The molecule has 1 aromatic heterocycles. The zero-order valence-corrected chi connectivity index (χ0v) is 8.67. The lowest BCUT2D eigenvalue weighted by atomic mass is 10.4. The van der Waals surface area contributed by atoms with Crippen molar-refractivity contribution >= 4 is 33.2 Å². The molecule has 0 aliphatic carbocycles. The Kier molecular flexibility index (Phi) is 3.22. The van der Waals surface area contributed by atoms with Gasteiger partial charge in [0, 0.05) is 5.38 Å². The maximum atomic E-state index is 13.0. The Morgan fingerprint density at radius 3 is 2.92 bits per heavy atom. The number of carbonyl (C=O) groups is 1. The fraction of sp³-hybridized carbons (Fsp3) is 0.286. The fourth-order valence-electron chi connectivity index (χ4n) is 0.657. The van der Waals surface area contributed by atoms with Crippen LogP contribution in [0.2, 0.25) is 0 Å². The first-order valence-electron chi connectivity index (χ1n) is 3.26. The van der Waals surface area contributed by atoms with E-state index in [-0.39, 0.29) is 11.5 Å². The van der Waals surface area contributed by atoms with Gasteiger partial charge in [0.15, 0.2) is 5.82 Å². The lowest BCUT2D eigenvalue weighted by Crippen LogP contribution is -2.03. The monoisotopic (exact) mass is 252 g/mol. The van der Waals surface area contributed by atoms with Crippen LogP contribution in [0.3, 0.4) is 0 Å². The molecule has 0 atom stereocenters. The summed E-state index contributed by atoms with van der Waals surface area (Å²) in [6.07, 6.45) is 0. The largest absolute Gasteiger partial charge is 0.462 e. The Morgan fingerprint density at radius 2 is 2.50 bits per heavy atom. The van der Waals surface area contributed by atoms with Crippen LogP contribution in [-0.4, -0.2) is 12.6 Å². The minimum absolute atomic E-state index is 0.0173. The summed E-state index contributed by atoms with van der Waals surface area (Å²) in [5.74, 6) is -1.15. The maximum Gasteiger partial charge on any atom is 0.351 e. The molecule has 0 aromatic carbocycles. The van der Waals surface area contributed by atoms with Crippen LogP contribution in [0, 0.1) is 5.82 Å². The van der Waals surface area contributed by atoms with Gasteiger partial charge >= 0.3 is 5.97 Å². The first-order valence-corrected chi connectivity index (χ1v) is 4.93. The van der Waals surface area contributed by atoms with E-state index in [0.29, 0.717) is 4.47 Å². The molecule has 2 nitrogen and oxygen atoms in total. The molecule has 0 amide bonds. The van der Waals surface area contributed by atoms with Crippen molar-refractivity contribution in [2.75, 3.05) is 6.61 Å². The summed E-state index contributed by atoms with van der Waals surface area (Å²) in [7, 11) is 0. The van der Waals surface area contributed by atoms with Gasteiger partial charge in [-0.2, -0.15) is 0 Å². The number of esters is 1. The minimum Gasteiger partial charge on any atom is -0.462 e. The molecular formula is C7H6BrFO2S. The van der Waals surface area contributed by atoms with Gasteiger partial charge in [-0.3, -0.25) is 0 Å². The molecule has 0 bridgehead atoms. The van der Waals surface area contributed by atoms with Crippen molar-refractivity contribution in [1.82, 2.24) is 0 Å². The van der Waals surface area contributed by atoms with Gasteiger partial charge < -0.3 is 4.74 Å². The summed E-state index contributed by atoms with van der Waals surface area (Å²) < 4.78 is 17.9. The number of ether oxygens (including phenoxy) is 1. The molecule has 0 fully saturated rings. The molecule has 0 unspecified atom stereocenters. The third-order valence-electron chi connectivity index (χ3n) is 1.15. The molecule has 0 saturated carbocycles. The Morgan fingerprint density at radius 1 is 1.83 bits per heavy atom. The van der Waals surface area contributed by atoms with Gasteiger partial charge in [0.25, 0.3) is 0 Å². The van der Waals surface area contributed by atoms with Gasteiger partial charge in [-0.05, 0) is 22.9 Å². The molecule has 66 valence electrons. The zero-order chi connectivity index (χ0) is 9.14. The molecule has 0 radical (unpaired) electrons. The van der Waals surface area contributed by atoms with Crippen LogP contribution in [0.15, 0.2) is 9.85 Å². The summed E-state index contributed by atoms with van der Waals surface area (Å²) >= 11 is 3.99. The summed E-state index contributed by atoms with van der Waals surface area (Å²) in [6, 6.07) is 0. The van der Waals surface area contributed by atoms with Crippen LogP contribution in [0.5, 0.6) is 0 Å². The van der Waals surface area contributed by atoms with E-state index in [1.807, 2.05) is 0 Å². The Labute approximate surface area is 81.5 Å². The van der Waals surface area contributed by atoms with Gasteiger partial charge in [0.05, 0.1) is 11.1 Å². The maximum absolute atomic E-state index is 13.0. The molecule has 0 N–H and O–H groups in total. The van der Waals surface area contributed by atoms with Crippen molar-refractivity contribution in [3.63, 3.8) is 0 Å². The van der Waals surface area contributed by atoms with E-state index in [0.717, 1.165) is 11.3 Å². The topological polar surface area (TPSA) is 26.3 Å². The van der Waals surface area contributed by atoms with Crippen LogP contribution in [0.4, 0.5) is 4.39 Å². The molecule has 0 aliphatic rings. The second kappa shape index (κ2) is 4.00. The van der Waals surface area contributed by atoms with E-state index < -0.39 is 11.8 Å². The van der Waals surface area contributed by atoms with Crippen molar-refractivity contribution in [1.29, 1.82) is 0 Å². The quantitative estimate of drug-likeness (QED) is 0.757. The van der Waals surface area contributed by atoms with Gasteiger partial charge in [-0.15, -0.1) is 11.3 Å². The van der Waals surface area contributed by atoms with Crippen LogP contribution in [0.1, 0.15) is 16.6 Å². The van der Waals surface area contributed by atoms with E-state index in [2.05, 4.69) is 20.7 Å². The Balaban J connectivity index is 2.88. The molecule has 1 rings (SSSR count). The average molecular weight is 253 g/mol. The van der Waals surface area contributed by atoms with Gasteiger partial charge in [0.2, 0.25) is 0 Å². The summed E-state index contributed by atoms with van der Waals surface area (Å²) in [6.45, 7) is 1.94. The molecule has 0 saturated heterocycles. The predicted octanol–water partition coefficient (Wildman–Crippen LogP) is 2.83. The number of thiophene rings is 1. The smallest absolute Gasteiger partial charge is 0.351 e. The minimum atomic E-state index is -0.606. The van der Waals surface area contributed by atoms with E-state index in [9.17, 15) is 9.18 Å². The van der Waals surface area contributed by atoms with Crippen molar-refractivity contribution in [2.45, 2.75) is 6.92 Å². The van der Waals surface area contributed by atoms with E-state index in [1.165, 1.54) is 5.38 Å². The molecule has 0 aliphatic heterocycles. The Hall–Kier alpha value is -0.420. The van der Waals surface area contributed by atoms with Gasteiger partial charge in [-0.25, -0.2) is 9.18 Å². The highest BCUT2D eigenvalue weighted by molar-refractivity contribution is 9.10. The van der Waals surface area contributed by atoms with Crippen LogP contribution in [0.25, 0.3) is 0 Å². The number of carbonyl (C=O) groups excluding carboxylic acids is 1. The lowest BCUT2D eigenvalue weighted by Gasteiger charge is -1.97. The molecule has 0 spiro atoms. The van der Waals surface area contributed by atoms with Crippen LogP contribution in [-0.2, 0) is 4.74 Å². The average Bonchev–Trinajstić information content (AvgIpc) is 2.34. The number of rotatable bonds is 2. The highest BCUT2D eigenvalue weighted by Gasteiger charge is 2.17. The molecular weight excluding hydrogens is 247 g/mol. The van der Waals surface area contributed by atoms with Gasteiger partial charge in [0.1, 0.15) is 4.88 Å². The van der Waals surface area contributed by atoms with Gasteiger partial charge in [-0.1, -0.05) is 0 Å². The van der Waals surface area contributed by atoms with Crippen molar-refractivity contribution in [2.24, 2.45) is 0 Å². The SMILES string of the molecule is CCOC(=O)c1scc(Br)c1F. The predicted molar refractivity (Wildman–Crippen MR) is 47.9 cm³/mol. The van der Waals surface area contributed by atoms with E-state index in [4.69, 9.17) is 0 Å². The first kappa shape index (κ1) is 9.67. The first-order chi connectivity index (χ1) is 5.66. The Bertz CT molecular complexity index is 298. The lowest BCUT2D eigenvalue weighted by molar-refractivity contribution is 0.0527. The molecule has 12 heavy (non-hydrogen) atoms. The molecule has 1 heterocycles. The fourth-order valence-corrected chi connectivity index (χ4v) is 1.96. The summed E-state index contributed by atoms with van der Waals surface area (Å²) in [5, 5.41) is 1.52. The van der Waals surface area contributed by atoms with Crippen LogP contribution < -0.4 is 0 Å². The van der Waals surface area contributed by atoms with Crippen molar-refractivity contribution in [3.8, 4) is 0 Å². The second-order valence-corrected chi connectivity index (χ2v) is 3.68. The highest BCUT2D eigenvalue weighted by atomic mass is 79.9. The highest BCUT2D eigenvalue weighted by Crippen LogP contribution is 2.25. The van der Waals surface area contributed by atoms with Crippen LogP contribution >= 0.6 is 27.3 Å². The van der Waals surface area contributed by atoms with Crippen molar-refractivity contribution in [3.05, 3.63) is 20.5 Å². The normalized spacial score (nSPS) is 9.92. The standard InChI is InChI=1S/C7H6BrFO2S/c1-2-11-7(10)6-5(9)4(8)3-12-6/h3H,2H2,1H3. The number of hydrogen-bond acceptors (Lipinski definition) is 3. The van der Waals surface area contributed by atoms with E-state index in [1.54, 1.807) is 6.92 Å². The number of hydrogen-bond donors (Lipinski definition) is 0. The molecule has 1 aromatic rings. The van der Waals surface area contributed by atoms with Crippen molar-refractivity contribution < 1.29 is 13.9 Å². The van der Waals surface area contributed by atoms with E-state index >= 15 is 0 Å². The third-order valence-corrected chi connectivity index (χ3v) is 2.97. The number of halogens is 2. The third kappa shape index (κ3) is 1.84. The summed E-state index contributed by atoms with van der Waals surface area (Å²) in [4.78, 5) is 11.0. The second-order valence-electron chi connectivity index (χ2n) is 1.95. The summed E-state index contributed by atoms with van der Waals surface area (Å²) in [5.41, 5.74) is 0. The zero-order valence-electron chi connectivity index (χ0n) is 6.27.